The number of nitro benzene ring substituents is 1. The fourth-order valence-electron chi connectivity index (χ4n) is 1.39. The molecule has 7 heteroatoms. The minimum atomic E-state index is -0.581. The predicted octanol–water partition coefficient (Wildman–Crippen LogP) is 2.56. The summed E-state index contributed by atoms with van der Waals surface area (Å²) in [4.78, 5) is 21.7. The number of anilines is 1. The summed E-state index contributed by atoms with van der Waals surface area (Å²) in [6.07, 6.45) is 0.187. The Morgan fingerprint density at radius 3 is 2.63 bits per heavy atom. The van der Waals surface area contributed by atoms with Crippen molar-refractivity contribution >= 4 is 28.9 Å². The largest absolute Gasteiger partial charge is 0.327 e. The van der Waals surface area contributed by atoms with Gasteiger partial charge in [-0.3, -0.25) is 14.9 Å². The molecule has 1 atom stereocenters. The molecule has 0 aliphatic heterocycles. The standard InChI is InChI=1S/C12H16ClN3O3/c1-7(2)10(14)6-12(17)15-8-3-4-11(16(18)19)9(13)5-8/h3-5,7,10H,6,14H2,1-2H3,(H,15,17). The first-order valence-corrected chi connectivity index (χ1v) is 6.18. The van der Waals surface area contributed by atoms with E-state index < -0.39 is 4.92 Å². The van der Waals surface area contributed by atoms with Gasteiger partial charge in [0.05, 0.1) is 4.92 Å². The van der Waals surface area contributed by atoms with Gasteiger partial charge in [-0.05, 0) is 18.1 Å². The number of halogens is 1. The Labute approximate surface area is 116 Å². The summed E-state index contributed by atoms with van der Waals surface area (Å²) in [6.45, 7) is 3.86. The molecule has 3 N–H and O–H groups in total. The van der Waals surface area contributed by atoms with Crippen LogP contribution in [-0.4, -0.2) is 16.9 Å². The fourth-order valence-corrected chi connectivity index (χ4v) is 1.64. The molecule has 1 amide bonds. The lowest BCUT2D eigenvalue weighted by Gasteiger charge is -2.15. The fraction of sp³-hybridized carbons (Fsp3) is 0.417. The van der Waals surface area contributed by atoms with E-state index in [2.05, 4.69) is 5.32 Å². The zero-order valence-electron chi connectivity index (χ0n) is 10.7. The Bertz CT molecular complexity index is 491. The molecule has 0 saturated carbocycles. The molecule has 0 aromatic heterocycles. The quantitative estimate of drug-likeness (QED) is 0.641. The summed E-state index contributed by atoms with van der Waals surface area (Å²) in [7, 11) is 0. The van der Waals surface area contributed by atoms with Crippen LogP contribution in [0, 0.1) is 16.0 Å². The normalized spacial score (nSPS) is 12.3. The van der Waals surface area contributed by atoms with Gasteiger partial charge in [0, 0.05) is 24.2 Å². The third-order valence-electron chi connectivity index (χ3n) is 2.71. The van der Waals surface area contributed by atoms with Crippen LogP contribution in [0.4, 0.5) is 11.4 Å². The smallest absolute Gasteiger partial charge is 0.288 e. The molecule has 0 saturated heterocycles. The van der Waals surface area contributed by atoms with Crippen molar-refractivity contribution in [3.05, 3.63) is 33.3 Å². The van der Waals surface area contributed by atoms with Crippen molar-refractivity contribution < 1.29 is 9.72 Å². The summed E-state index contributed by atoms with van der Waals surface area (Å²) < 4.78 is 0. The van der Waals surface area contributed by atoms with Gasteiger partial charge in [0.1, 0.15) is 5.02 Å². The van der Waals surface area contributed by atoms with Gasteiger partial charge in [-0.2, -0.15) is 0 Å². The van der Waals surface area contributed by atoms with E-state index in [-0.39, 0.29) is 35.0 Å². The lowest BCUT2D eigenvalue weighted by molar-refractivity contribution is -0.384. The molecule has 1 rings (SSSR count). The van der Waals surface area contributed by atoms with Crippen LogP contribution in [0.5, 0.6) is 0 Å². The molecule has 0 bridgehead atoms. The van der Waals surface area contributed by atoms with Crippen LogP contribution in [0.1, 0.15) is 20.3 Å². The molecule has 0 fully saturated rings. The number of hydrogen-bond donors (Lipinski definition) is 2. The lowest BCUT2D eigenvalue weighted by atomic mass is 10.0. The SMILES string of the molecule is CC(C)C(N)CC(=O)Nc1ccc([N+](=O)[O-])c(Cl)c1. The zero-order valence-corrected chi connectivity index (χ0v) is 11.5. The minimum absolute atomic E-state index is 0.0176. The van der Waals surface area contributed by atoms with E-state index in [9.17, 15) is 14.9 Å². The van der Waals surface area contributed by atoms with E-state index >= 15 is 0 Å². The van der Waals surface area contributed by atoms with Gasteiger partial charge >= 0.3 is 0 Å². The molecule has 19 heavy (non-hydrogen) atoms. The average molecular weight is 286 g/mol. The Morgan fingerprint density at radius 2 is 2.16 bits per heavy atom. The number of nitrogens with one attached hydrogen (secondary N) is 1. The Kier molecular flexibility index (Phi) is 5.26. The Balaban J connectivity index is 2.70. The van der Waals surface area contributed by atoms with Gasteiger partial charge in [0.15, 0.2) is 0 Å². The first kappa shape index (κ1) is 15.4. The lowest BCUT2D eigenvalue weighted by Crippen LogP contribution is -2.31. The van der Waals surface area contributed by atoms with E-state index in [0.717, 1.165) is 0 Å². The highest BCUT2D eigenvalue weighted by Crippen LogP contribution is 2.27. The zero-order chi connectivity index (χ0) is 14.6. The molecule has 0 aliphatic carbocycles. The molecule has 0 heterocycles. The predicted molar refractivity (Wildman–Crippen MR) is 74.2 cm³/mol. The molecular weight excluding hydrogens is 270 g/mol. The van der Waals surface area contributed by atoms with Crippen LogP contribution in [-0.2, 0) is 4.79 Å². The van der Waals surface area contributed by atoms with E-state index in [1.807, 2.05) is 13.8 Å². The summed E-state index contributed by atoms with van der Waals surface area (Å²) >= 11 is 5.75. The van der Waals surface area contributed by atoms with Crippen LogP contribution in [0.3, 0.4) is 0 Å². The van der Waals surface area contributed by atoms with E-state index in [0.29, 0.717) is 5.69 Å². The maximum Gasteiger partial charge on any atom is 0.288 e. The monoisotopic (exact) mass is 285 g/mol. The molecule has 1 aromatic carbocycles. The molecule has 0 aliphatic rings. The van der Waals surface area contributed by atoms with Crippen molar-refractivity contribution in [2.45, 2.75) is 26.3 Å². The number of nitrogens with zero attached hydrogens (tertiary/aromatic N) is 1. The molecule has 1 aromatic rings. The molecular formula is C12H16ClN3O3. The van der Waals surface area contributed by atoms with Crippen molar-refractivity contribution in [1.82, 2.24) is 0 Å². The first-order chi connectivity index (χ1) is 8.81. The highest BCUT2D eigenvalue weighted by atomic mass is 35.5. The van der Waals surface area contributed by atoms with Crippen molar-refractivity contribution in [2.24, 2.45) is 11.7 Å². The van der Waals surface area contributed by atoms with Crippen molar-refractivity contribution in [3.63, 3.8) is 0 Å². The van der Waals surface area contributed by atoms with E-state index in [1.165, 1.54) is 18.2 Å². The number of nitrogens with two attached hydrogens (primary N) is 1. The number of carbonyl (C=O) groups is 1. The molecule has 1 unspecified atom stereocenters. The maximum absolute atomic E-state index is 11.7. The van der Waals surface area contributed by atoms with Crippen LogP contribution < -0.4 is 11.1 Å². The summed E-state index contributed by atoms with van der Waals surface area (Å²) in [5, 5.41) is 13.2. The second-order valence-electron chi connectivity index (χ2n) is 4.58. The number of amides is 1. The summed E-state index contributed by atoms with van der Waals surface area (Å²) in [5.74, 6) is -0.0441. The number of carbonyl (C=O) groups excluding carboxylic acids is 1. The first-order valence-electron chi connectivity index (χ1n) is 5.80. The molecule has 0 spiro atoms. The van der Waals surface area contributed by atoms with Gasteiger partial charge in [-0.25, -0.2) is 0 Å². The number of benzene rings is 1. The van der Waals surface area contributed by atoms with E-state index in [1.54, 1.807) is 0 Å². The summed E-state index contributed by atoms with van der Waals surface area (Å²) in [5.41, 5.74) is 6.01. The van der Waals surface area contributed by atoms with Crippen molar-refractivity contribution in [3.8, 4) is 0 Å². The second kappa shape index (κ2) is 6.49. The van der Waals surface area contributed by atoms with Gasteiger partial charge in [-0.15, -0.1) is 0 Å². The second-order valence-corrected chi connectivity index (χ2v) is 4.99. The van der Waals surface area contributed by atoms with E-state index in [4.69, 9.17) is 17.3 Å². The molecule has 104 valence electrons. The van der Waals surface area contributed by atoms with Gasteiger partial charge in [0.2, 0.25) is 5.91 Å². The Morgan fingerprint density at radius 1 is 1.53 bits per heavy atom. The Hall–Kier alpha value is -1.66. The minimum Gasteiger partial charge on any atom is -0.327 e. The topological polar surface area (TPSA) is 98.3 Å². The number of rotatable bonds is 5. The van der Waals surface area contributed by atoms with Crippen molar-refractivity contribution in [2.75, 3.05) is 5.32 Å². The van der Waals surface area contributed by atoms with Crippen molar-refractivity contribution in [1.29, 1.82) is 0 Å². The van der Waals surface area contributed by atoms with Crippen LogP contribution >= 0.6 is 11.6 Å². The van der Waals surface area contributed by atoms with Crippen LogP contribution in [0.25, 0.3) is 0 Å². The highest BCUT2D eigenvalue weighted by Gasteiger charge is 2.15. The third-order valence-corrected chi connectivity index (χ3v) is 3.01. The van der Waals surface area contributed by atoms with Crippen LogP contribution in [0.15, 0.2) is 18.2 Å². The van der Waals surface area contributed by atoms with Gasteiger partial charge < -0.3 is 11.1 Å². The maximum atomic E-state index is 11.7. The molecule has 0 radical (unpaired) electrons. The number of nitro groups is 1. The third kappa shape index (κ3) is 4.50. The number of hydrogen-bond acceptors (Lipinski definition) is 4. The highest BCUT2D eigenvalue weighted by molar-refractivity contribution is 6.33. The molecule has 6 nitrogen and oxygen atoms in total. The summed E-state index contributed by atoms with van der Waals surface area (Å²) in [6, 6.07) is 3.80. The van der Waals surface area contributed by atoms with Gasteiger partial charge in [0.25, 0.3) is 5.69 Å². The van der Waals surface area contributed by atoms with Crippen LogP contribution in [0.2, 0.25) is 5.02 Å². The average Bonchev–Trinajstić information content (AvgIpc) is 2.27. The van der Waals surface area contributed by atoms with Gasteiger partial charge in [-0.1, -0.05) is 25.4 Å².